The number of imidazole rings is 1. The van der Waals surface area contributed by atoms with Crippen LogP contribution < -0.4 is 36.5 Å². The molecule has 54 heteroatoms. The summed E-state index contributed by atoms with van der Waals surface area (Å²) in [5.74, 6) is -0.506. The quantitative estimate of drug-likeness (QED) is 0.0196. The third-order valence-electron chi connectivity index (χ3n) is 15.2. The largest absolute Gasteiger partial charge is 0.347 e. The maximum absolute atomic E-state index is 11.6. The molecule has 13 aromatic rings. The molecule has 646 valence electrons. The average molecular weight is 1850 g/mol. The van der Waals surface area contributed by atoms with Crippen LogP contribution in [0.5, 0.6) is 0 Å². The molecule has 0 saturated heterocycles. The van der Waals surface area contributed by atoms with E-state index in [1.165, 1.54) is 59.6 Å². The number of hydrogen-bond donors (Lipinski definition) is 21. The van der Waals surface area contributed by atoms with E-state index in [-0.39, 0.29) is 4.77 Å². The lowest BCUT2D eigenvalue weighted by molar-refractivity contribution is -0.694. The van der Waals surface area contributed by atoms with E-state index >= 15 is 0 Å². The van der Waals surface area contributed by atoms with Crippen LogP contribution in [0.4, 0.5) is 56.6 Å². The summed E-state index contributed by atoms with van der Waals surface area (Å²) in [6.45, 7) is 1.10. The van der Waals surface area contributed by atoms with Crippen LogP contribution in [0.15, 0.2) is 195 Å². The summed E-state index contributed by atoms with van der Waals surface area (Å²) >= 11 is 41.3. The minimum Gasteiger partial charge on any atom is -0.337 e. The molecule has 0 aliphatic heterocycles. The molecule has 45 nitrogen and oxygen atoms in total. The van der Waals surface area contributed by atoms with E-state index in [0.29, 0.717) is 132 Å². The van der Waals surface area contributed by atoms with Gasteiger partial charge in [0.05, 0.1) is 29.3 Å². The van der Waals surface area contributed by atoms with E-state index in [1.807, 2.05) is 59.4 Å². The number of benzene rings is 6. The van der Waals surface area contributed by atoms with E-state index in [9.17, 15) is 33.6 Å². The summed E-state index contributed by atoms with van der Waals surface area (Å²) in [6, 6.07) is 45.1. The number of carbonyl (C=O) groups excluding carboxylic acids is 7. The summed E-state index contributed by atoms with van der Waals surface area (Å²) in [7, 11) is 8.72. The van der Waals surface area contributed by atoms with Gasteiger partial charge in [0.15, 0.2) is 51.5 Å². The Balaban J connectivity index is 0.000000198. The predicted molar refractivity (Wildman–Crippen MR) is 468 cm³/mol. The Hall–Kier alpha value is -13.7. The summed E-state index contributed by atoms with van der Waals surface area (Å²) in [5.41, 5.74) is 8.40. The van der Waals surface area contributed by atoms with E-state index in [2.05, 4.69) is 105 Å². The zero-order chi connectivity index (χ0) is 90.1. The zero-order valence-electron chi connectivity index (χ0n) is 65.2. The van der Waals surface area contributed by atoms with Gasteiger partial charge in [0.1, 0.15) is 6.33 Å². The van der Waals surface area contributed by atoms with Crippen molar-refractivity contribution in [2.24, 2.45) is 0 Å². The van der Waals surface area contributed by atoms with Gasteiger partial charge in [0, 0.05) is 108 Å². The van der Waals surface area contributed by atoms with Crippen molar-refractivity contribution in [3.8, 4) is 39.6 Å². The molecule has 0 bridgehead atoms. The van der Waals surface area contributed by atoms with Crippen LogP contribution in [0.2, 0.25) is 0 Å². The van der Waals surface area contributed by atoms with Crippen molar-refractivity contribution in [3.05, 3.63) is 238 Å². The van der Waals surface area contributed by atoms with Crippen LogP contribution in [0.25, 0.3) is 39.6 Å². The van der Waals surface area contributed by atoms with E-state index < -0.39 is 42.1 Å². The molecule has 0 atom stereocenters. The number of anilines is 5. The van der Waals surface area contributed by atoms with Crippen LogP contribution in [-0.2, 0) is 6.54 Å². The minimum atomic E-state index is -0.659. The van der Waals surface area contributed by atoms with Crippen LogP contribution >= 0.6 is 109 Å². The average Bonchev–Trinajstić information content (AvgIpc) is 1.71. The summed E-state index contributed by atoms with van der Waals surface area (Å²) < 4.78 is 13.5. The first kappa shape index (κ1) is 96.4. The van der Waals surface area contributed by atoms with Crippen LogP contribution in [0.3, 0.4) is 0 Å². The van der Waals surface area contributed by atoms with Gasteiger partial charge in [-0.25, -0.2) is 73.5 Å². The fourth-order valence-corrected chi connectivity index (χ4v) is 11.9. The van der Waals surface area contributed by atoms with Crippen LogP contribution in [0.1, 0.15) is 10.4 Å². The van der Waals surface area contributed by atoms with Crippen molar-refractivity contribution >= 4 is 179 Å². The molecule has 21 N–H and O–H groups in total. The van der Waals surface area contributed by atoms with E-state index in [0.717, 1.165) is 28.3 Å². The Morgan fingerprint density at radius 2 is 0.854 bits per heavy atom. The standard InChI is InChI=1S/C15H17N3O2.C11H12N4O2S.C10H11N5O2S2.C10H11N5O2S.C10H10N4O2S2.C9H10N6O2S.C4H6N4O2S2/c1-17(20)15(19)16-9-12-18-10-7-14(8-11-18)13-5-3-2-4-6-13;1-14(17)10(16)13-8-3-2-4-9(7-8)15-6-5-12-11(15)18;1-14(17)8(16)11-6-3-2-4-7(5-6)15-9(18)12-13-10(15)19;1-14(17)9(16)12-7-3-2-4-8(5-7)15-6-11-13-10(15)18;1-13(16)8(15)6-3-2-4-7(5-6)14-9(17)11-12-10(14)18;1-14(17)8(16)10-6-3-2-4-7(5-6)15-9(18)11-12-13-15;1-8(10)3(9)5-2-6-7-4(11)12-2/h2-8,10-11,20H,9,12H2,1H3;2-7,17H,1H3,(H,12,18)(H,13,16);2-5,17H,1H3,(H,11,16)(H,12,18)(H,13,19);2-6,17H,1H3,(H,12,16)(H,13,18);2-5,16H,1H3,(H,11,17)(H,12,18);2-5,17H,1H3,(H,10,16)(H,11,13,18);10H,1H3,(H,7,11)(H,5,6,9)/p+1. The van der Waals surface area contributed by atoms with Gasteiger partial charge in [0.25, 0.3) is 5.91 Å². The minimum absolute atomic E-state index is 0.276. The highest BCUT2D eigenvalue weighted by atomic mass is 32.1. The molecular formula is C69H78N31O14S9+. The van der Waals surface area contributed by atoms with Crippen molar-refractivity contribution in [3.63, 3.8) is 0 Å². The Morgan fingerprint density at radius 1 is 0.439 bits per heavy atom. The van der Waals surface area contributed by atoms with Crippen LogP contribution in [0, 0.1) is 37.4 Å². The number of nitrogens with zero attached hydrogens (tertiary/aromatic N) is 17. The smallest absolute Gasteiger partial charge is 0.337 e. The molecule has 6 aromatic carbocycles. The number of nitrogens with one attached hydrogen (secondary N) is 14. The maximum atomic E-state index is 11.6. The zero-order valence-corrected chi connectivity index (χ0v) is 72.5. The Kier molecular flexibility index (Phi) is 37.1. The van der Waals surface area contributed by atoms with Crippen molar-refractivity contribution in [2.75, 3.05) is 82.5 Å². The number of urea groups is 6. The van der Waals surface area contributed by atoms with Crippen molar-refractivity contribution in [1.29, 1.82) is 0 Å². The Labute approximate surface area is 739 Å². The number of H-pyrrole nitrogens is 8. The first-order valence-corrected chi connectivity index (χ1v) is 38.7. The number of tetrazole rings is 1. The molecule has 7 aromatic heterocycles. The van der Waals surface area contributed by atoms with Gasteiger partial charge in [-0.15, -0.1) is 5.10 Å². The van der Waals surface area contributed by atoms with Gasteiger partial charge >= 0.3 is 36.2 Å². The van der Waals surface area contributed by atoms with Gasteiger partial charge < -0.3 is 31.6 Å². The van der Waals surface area contributed by atoms with Gasteiger partial charge in [-0.3, -0.25) is 95.4 Å². The maximum Gasteiger partial charge on any atom is 0.347 e. The van der Waals surface area contributed by atoms with Gasteiger partial charge in [-0.05, 0) is 200 Å². The second-order valence-electron chi connectivity index (χ2n) is 24.2. The number of carbonyl (C=O) groups is 7. The molecule has 0 aliphatic rings. The highest BCUT2D eigenvalue weighted by molar-refractivity contribution is 7.73. The highest BCUT2D eigenvalue weighted by Gasteiger charge is 2.16. The Bertz CT molecular complexity index is 5920. The van der Waals surface area contributed by atoms with Crippen molar-refractivity contribution < 1.29 is 74.6 Å². The number of hydrogen-bond acceptors (Lipinski definition) is 27. The van der Waals surface area contributed by atoms with Crippen molar-refractivity contribution in [2.45, 2.75) is 6.54 Å². The van der Waals surface area contributed by atoms with Crippen LogP contribution in [-0.4, -0.2) is 254 Å². The molecule has 0 radical (unpaired) electrons. The topological polar surface area (TPSA) is 562 Å². The number of pyridine rings is 1. The summed E-state index contributed by atoms with van der Waals surface area (Å²) in [6.07, 6.45) is 9.01. The molecule has 0 aliphatic carbocycles. The first-order valence-electron chi connectivity index (χ1n) is 34.6. The molecule has 13 amide bonds. The fraction of sp³-hybridized carbons (Fsp3) is 0.130. The molecule has 0 saturated carbocycles. The molecule has 13 rings (SSSR count). The number of rotatable bonds is 15. The number of amides is 13. The monoisotopic (exact) mass is 1850 g/mol. The van der Waals surface area contributed by atoms with Gasteiger partial charge in [0.2, 0.25) is 9.90 Å². The predicted octanol–water partition coefficient (Wildman–Crippen LogP) is 12.6. The fourth-order valence-electron chi connectivity index (χ4n) is 9.40. The molecule has 123 heavy (non-hydrogen) atoms. The van der Waals surface area contributed by atoms with Gasteiger partial charge in [-0.2, -0.15) is 10.3 Å². The molecule has 0 unspecified atom stereocenters. The summed E-state index contributed by atoms with van der Waals surface area (Å²) in [4.78, 5) is 81.7. The third-order valence-corrected chi connectivity index (χ3v) is 18.2. The molecular weight excluding hydrogens is 1780 g/mol. The lowest BCUT2D eigenvalue weighted by Gasteiger charge is -2.11. The number of aromatic amines is 8. The van der Waals surface area contributed by atoms with E-state index in [4.69, 9.17) is 134 Å². The third kappa shape index (κ3) is 30.2. The van der Waals surface area contributed by atoms with Gasteiger partial charge in [-0.1, -0.05) is 82.3 Å². The summed E-state index contributed by atoms with van der Waals surface area (Å²) in [5, 5.41) is 114. The Morgan fingerprint density at radius 3 is 1.26 bits per heavy atom. The second kappa shape index (κ2) is 47.3. The second-order valence-corrected chi connectivity index (χ2v) is 28.5. The number of aromatic nitrogens is 18. The molecule has 0 spiro atoms. The van der Waals surface area contributed by atoms with Crippen molar-refractivity contribution in [1.82, 2.24) is 125 Å². The molecule has 7 heterocycles. The number of hydroxylamine groups is 14. The molecule has 0 fully saturated rings. The SMILES string of the molecule is CN(O)C(=O)NCC[n+]1ccc(-c2ccccc2)cc1.CN(O)C(=O)Nc1cccc(-n2[nH]nnc2=S)c1.CN(O)C(=O)Nc1cccc(-n2c(=S)[nH][nH]c2=S)c1.CN(O)C(=O)Nc1cccc(-n2cc[nH]c2=S)c1.CN(O)C(=O)Nc1cccc(-n2cn[nH]c2=S)c1.CN(O)C(=O)Nc1n[nH]c(=S)s1.CN(O)C(=O)c1cccc(-n2c(=S)[nH][nH]c2=S)c1. The normalized spacial score (nSPS) is 10.1. The lowest BCUT2D eigenvalue weighted by Crippen LogP contribution is -2.43. The first-order chi connectivity index (χ1) is 58.5. The van der Waals surface area contributed by atoms with E-state index in [1.54, 1.807) is 146 Å². The highest BCUT2D eigenvalue weighted by Crippen LogP contribution is 2.22. The lowest BCUT2D eigenvalue weighted by atomic mass is 10.1.